The van der Waals surface area contributed by atoms with Gasteiger partial charge in [0.05, 0.1) is 0 Å². The second-order valence-corrected chi connectivity index (χ2v) is 7.40. The quantitative estimate of drug-likeness (QED) is 0.791. The van der Waals surface area contributed by atoms with Crippen LogP contribution in [0.1, 0.15) is 32.1 Å². The Bertz CT molecular complexity index is 291. The Labute approximate surface area is 130 Å². The summed E-state index contributed by atoms with van der Waals surface area (Å²) in [4.78, 5) is 7.97. The normalized spacial score (nSPS) is 27.1. The van der Waals surface area contributed by atoms with Crippen LogP contribution in [0.4, 0.5) is 0 Å². The minimum atomic E-state index is 0.895. The number of hydrogen-bond acceptors (Lipinski definition) is 4. The van der Waals surface area contributed by atoms with Gasteiger partial charge in [0, 0.05) is 51.9 Å². The van der Waals surface area contributed by atoms with E-state index in [0.29, 0.717) is 0 Å². The van der Waals surface area contributed by atoms with E-state index in [9.17, 15) is 0 Å². The van der Waals surface area contributed by atoms with Gasteiger partial charge < -0.3 is 15.1 Å². The third-order valence-corrected chi connectivity index (χ3v) is 5.91. The van der Waals surface area contributed by atoms with Crippen molar-refractivity contribution in [3.05, 3.63) is 0 Å². The molecule has 3 aliphatic rings. The minimum Gasteiger partial charge on any atom is -0.317 e. The Balaban J connectivity index is 1.29. The lowest BCUT2D eigenvalue weighted by atomic mass is 9.92. The van der Waals surface area contributed by atoms with Crippen LogP contribution in [0.5, 0.6) is 0 Å². The van der Waals surface area contributed by atoms with E-state index in [1.165, 1.54) is 91.0 Å². The van der Waals surface area contributed by atoms with E-state index in [-0.39, 0.29) is 0 Å². The molecule has 0 radical (unpaired) electrons. The van der Waals surface area contributed by atoms with Crippen molar-refractivity contribution in [2.45, 2.75) is 38.1 Å². The first kappa shape index (κ1) is 15.7. The molecule has 2 aliphatic heterocycles. The predicted octanol–water partition coefficient (Wildman–Crippen LogP) is 1.09. The van der Waals surface area contributed by atoms with Gasteiger partial charge in [-0.15, -0.1) is 0 Å². The largest absolute Gasteiger partial charge is 0.317 e. The molecule has 2 heterocycles. The molecule has 1 saturated carbocycles. The van der Waals surface area contributed by atoms with E-state index in [1.807, 2.05) is 0 Å². The lowest BCUT2D eigenvalue weighted by Gasteiger charge is -2.39. The highest BCUT2D eigenvalue weighted by Gasteiger charge is 2.24. The van der Waals surface area contributed by atoms with Gasteiger partial charge in [0.15, 0.2) is 0 Å². The van der Waals surface area contributed by atoms with Gasteiger partial charge in [-0.1, -0.05) is 6.42 Å². The van der Waals surface area contributed by atoms with Crippen molar-refractivity contribution < 1.29 is 0 Å². The SMILES string of the molecule is CN(CCN1CCN(CC2CCNCC2)CC1)C1CCC1. The molecule has 4 heteroatoms. The molecular weight excluding hydrogens is 260 g/mol. The molecule has 0 amide bonds. The maximum absolute atomic E-state index is 3.47. The van der Waals surface area contributed by atoms with Crippen molar-refractivity contribution in [1.82, 2.24) is 20.0 Å². The first-order valence-corrected chi connectivity index (χ1v) is 9.17. The lowest BCUT2D eigenvalue weighted by molar-refractivity contribution is 0.0896. The number of nitrogens with one attached hydrogen (secondary N) is 1. The number of likely N-dealkylation sites (N-methyl/N-ethyl adjacent to an activating group) is 1. The number of nitrogens with zero attached hydrogens (tertiary/aromatic N) is 3. The second kappa shape index (κ2) is 7.91. The summed E-state index contributed by atoms with van der Waals surface area (Å²) in [6, 6.07) is 0.895. The smallest absolute Gasteiger partial charge is 0.0110 e. The van der Waals surface area contributed by atoms with Crippen molar-refractivity contribution in [3.63, 3.8) is 0 Å². The molecule has 3 fully saturated rings. The van der Waals surface area contributed by atoms with E-state index >= 15 is 0 Å². The highest BCUT2D eigenvalue weighted by molar-refractivity contribution is 4.80. The van der Waals surface area contributed by atoms with Gasteiger partial charge >= 0.3 is 0 Å². The van der Waals surface area contributed by atoms with E-state index in [2.05, 4.69) is 27.1 Å². The van der Waals surface area contributed by atoms with Crippen LogP contribution in [0.25, 0.3) is 0 Å². The maximum atomic E-state index is 3.47. The summed E-state index contributed by atoms with van der Waals surface area (Å²) < 4.78 is 0. The zero-order valence-corrected chi connectivity index (χ0v) is 13.9. The Morgan fingerprint density at radius 3 is 2.24 bits per heavy atom. The molecule has 0 unspecified atom stereocenters. The molecule has 0 bridgehead atoms. The van der Waals surface area contributed by atoms with Crippen LogP contribution < -0.4 is 5.32 Å². The molecule has 3 rings (SSSR count). The lowest BCUT2D eigenvalue weighted by Crippen LogP contribution is -2.50. The number of hydrogen-bond donors (Lipinski definition) is 1. The van der Waals surface area contributed by atoms with Gasteiger partial charge in [-0.3, -0.25) is 4.90 Å². The van der Waals surface area contributed by atoms with Crippen LogP contribution in [0.2, 0.25) is 0 Å². The fraction of sp³-hybridized carbons (Fsp3) is 1.00. The fourth-order valence-electron chi connectivity index (χ4n) is 3.93. The van der Waals surface area contributed by atoms with Gasteiger partial charge in [-0.25, -0.2) is 0 Å². The molecule has 0 atom stereocenters. The average molecular weight is 294 g/mol. The van der Waals surface area contributed by atoms with Gasteiger partial charge in [0.25, 0.3) is 0 Å². The summed E-state index contributed by atoms with van der Waals surface area (Å²) in [6.07, 6.45) is 7.07. The van der Waals surface area contributed by atoms with Gasteiger partial charge in [-0.2, -0.15) is 0 Å². The monoisotopic (exact) mass is 294 g/mol. The third-order valence-electron chi connectivity index (χ3n) is 5.91. The van der Waals surface area contributed by atoms with Crippen molar-refractivity contribution in [1.29, 1.82) is 0 Å². The van der Waals surface area contributed by atoms with Crippen LogP contribution in [0.15, 0.2) is 0 Å². The first-order chi connectivity index (χ1) is 10.3. The number of piperidine rings is 1. The summed E-state index contributed by atoms with van der Waals surface area (Å²) in [6.45, 7) is 11.5. The van der Waals surface area contributed by atoms with Crippen molar-refractivity contribution >= 4 is 0 Å². The molecule has 0 aromatic heterocycles. The molecular formula is C17H34N4. The van der Waals surface area contributed by atoms with Crippen LogP contribution in [-0.4, -0.2) is 86.7 Å². The second-order valence-electron chi connectivity index (χ2n) is 7.40. The van der Waals surface area contributed by atoms with Gasteiger partial charge in [-0.05, 0) is 51.7 Å². The van der Waals surface area contributed by atoms with Crippen LogP contribution in [0.3, 0.4) is 0 Å². The first-order valence-electron chi connectivity index (χ1n) is 9.17. The minimum absolute atomic E-state index is 0.895. The standard InChI is InChI=1S/C17H34N4/c1-19(17-3-2-4-17)9-10-20-11-13-21(14-12-20)15-16-5-7-18-8-6-16/h16-18H,2-15H2,1H3. The highest BCUT2D eigenvalue weighted by Crippen LogP contribution is 2.23. The molecule has 122 valence electrons. The average Bonchev–Trinajstić information content (AvgIpc) is 2.46. The van der Waals surface area contributed by atoms with Crippen LogP contribution in [0, 0.1) is 5.92 Å². The molecule has 4 nitrogen and oxygen atoms in total. The summed E-state index contributed by atoms with van der Waals surface area (Å²) in [5.41, 5.74) is 0. The Hall–Kier alpha value is -0.160. The third kappa shape index (κ3) is 4.65. The Kier molecular flexibility index (Phi) is 5.92. The molecule has 0 spiro atoms. The van der Waals surface area contributed by atoms with Crippen molar-refractivity contribution in [3.8, 4) is 0 Å². The van der Waals surface area contributed by atoms with E-state index in [1.54, 1.807) is 0 Å². The van der Waals surface area contributed by atoms with Crippen molar-refractivity contribution in [2.24, 2.45) is 5.92 Å². The Morgan fingerprint density at radius 2 is 1.62 bits per heavy atom. The molecule has 1 N–H and O–H groups in total. The van der Waals surface area contributed by atoms with Gasteiger partial charge in [0.1, 0.15) is 0 Å². The van der Waals surface area contributed by atoms with E-state index in [4.69, 9.17) is 0 Å². The van der Waals surface area contributed by atoms with Crippen LogP contribution >= 0.6 is 0 Å². The number of rotatable bonds is 6. The van der Waals surface area contributed by atoms with E-state index in [0.717, 1.165) is 12.0 Å². The topological polar surface area (TPSA) is 21.8 Å². The zero-order chi connectivity index (χ0) is 14.5. The Morgan fingerprint density at radius 1 is 0.952 bits per heavy atom. The highest BCUT2D eigenvalue weighted by atomic mass is 15.3. The summed E-state index contributed by atoms with van der Waals surface area (Å²) in [7, 11) is 2.32. The summed E-state index contributed by atoms with van der Waals surface area (Å²) >= 11 is 0. The van der Waals surface area contributed by atoms with Crippen molar-refractivity contribution in [2.75, 3.05) is 66.0 Å². The van der Waals surface area contributed by atoms with E-state index < -0.39 is 0 Å². The number of piperazine rings is 1. The predicted molar refractivity (Wildman–Crippen MR) is 88.7 cm³/mol. The molecule has 0 aromatic carbocycles. The summed E-state index contributed by atoms with van der Waals surface area (Å²) in [5, 5.41) is 3.47. The molecule has 1 aliphatic carbocycles. The maximum Gasteiger partial charge on any atom is 0.0110 e. The zero-order valence-electron chi connectivity index (χ0n) is 13.9. The molecule has 2 saturated heterocycles. The molecule has 0 aromatic rings. The summed E-state index contributed by atoms with van der Waals surface area (Å²) in [5.74, 6) is 0.947. The van der Waals surface area contributed by atoms with Gasteiger partial charge in [0.2, 0.25) is 0 Å². The van der Waals surface area contributed by atoms with Crippen LogP contribution in [-0.2, 0) is 0 Å². The molecule has 21 heavy (non-hydrogen) atoms. The fourth-order valence-corrected chi connectivity index (χ4v) is 3.93.